The second kappa shape index (κ2) is 12.0. The van der Waals surface area contributed by atoms with E-state index in [4.69, 9.17) is 14.5 Å². The quantitative estimate of drug-likeness (QED) is 0.188. The number of thiophene rings is 1. The van der Waals surface area contributed by atoms with Crippen LogP contribution < -0.4 is 14.8 Å². The molecule has 0 spiro atoms. The van der Waals surface area contributed by atoms with Gasteiger partial charge in [-0.1, -0.05) is 55.8 Å². The molecule has 200 valence electrons. The first-order valence-electron chi connectivity index (χ1n) is 13.1. The molecule has 0 bridgehead atoms. The molecular weight excluding hydrogens is 518 g/mol. The van der Waals surface area contributed by atoms with Crippen molar-refractivity contribution in [3.8, 4) is 40.0 Å². The zero-order valence-electron chi connectivity index (χ0n) is 22.7. The van der Waals surface area contributed by atoms with Gasteiger partial charge < -0.3 is 14.8 Å². The number of nitrogens with one attached hydrogen (secondary N) is 1. The van der Waals surface area contributed by atoms with Gasteiger partial charge in [0.25, 0.3) is 5.91 Å². The van der Waals surface area contributed by atoms with Gasteiger partial charge in [-0.05, 0) is 55.3 Å². The first-order chi connectivity index (χ1) is 19.5. The van der Waals surface area contributed by atoms with Crippen LogP contribution in [0.5, 0.6) is 11.5 Å². The van der Waals surface area contributed by atoms with E-state index in [0.29, 0.717) is 33.9 Å². The Bertz CT molecular complexity index is 1720. The molecule has 0 aliphatic heterocycles. The van der Waals surface area contributed by atoms with E-state index in [1.165, 1.54) is 11.3 Å². The zero-order valence-corrected chi connectivity index (χ0v) is 23.5. The summed E-state index contributed by atoms with van der Waals surface area (Å²) in [5, 5.41) is 14.4. The van der Waals surface area contributed by atoms with Gasteiger partial charge in [0.15, 0.2) is 0 Å². The Morgan fingerprint density at radius 3 is 2.55 bits per heavy atom. The fourth-order valence-corrected chi connectivity index (χ4v) is 5.63. The average molecular weight is 548 g/mol. The lowest BCUT2D eigenvalue weighted by molar-refractivity contribution is 0.102. The number of nitrogens with zero attached hydrogens (tertiary/aromatic N) is 2. The second-order valence-corrected chi connectivity index (χ2v) is 10.6. The average Bonchev–Trinajstić information content (AvgIpc) is 3.31. The van der Waals surface area contributed by atoms with Crippen molar-refractivity contribution < 1.29 is 14.3 Å². The molecule has 2 aromatic heterocycles. The number of nitriles is 1. The lowest BCUT2D eigenvalue weighted by Gasteiger charge is -2.12. The number of amides is 1. The number of carbonyl (C=O) groups excluding carboxylic acids is 1. The van der Waals surface area contributed by atoms with E-state index in [2.05, 4.69) is 18.3 Å². The van der Waals surface area contributed by atoms with E-state index in [1.807, 2.05) is 79.7 Å². The minimum absolute atomic E-state index is 0.297. The monoisotopic (exact) mass is 547 g/mol. The van der Waals surface area contributed by atoms with Crippen molar-refractivity contribution in [3.63, 3.8) is 0 Å². The van der Waals surface area contributed by atoms with Gasteiger partial charge in [0.2, 0.25) is 0 Å². The van der Waals surface area contributed by atoms with Gasteiger partial charge in [0, 0.05) is 21.4 Å². The number of rotatable bonds is 9. The van der Waals surface area contributed by atoms with Crippen LogP contribution in [0.3, 0.4) is 0 Å². The van der Waals surface area contributed by atoms with Crippen molar-refractivity contribution in [2.45, 2.75) is 26.7 Å². The van der Waals surface area contributed by atoms with Gasteiger partial charge in [-0.15, -0.1) is 11.3 Å². The van der Waals surface area contributed by atoms with Gasteiger partial charge in [-0.25, -0.2) is 4.98 Å². The highest BCUT2D eigenvalue weighted by Gasteiger charge is 2.21. The largest absolute Gasteiger partial charge is 0.497 e. The fraction of sp³-hybridized carbons (Fsp3) is 0.182. The SMILES string of the molecule is CCCCOc1cccc(-c2cc(C(=O)Nc3sc(C)c(-c4ccc(OC)cc4)c3C#N)c3ccccc3n2)c1. The minimum Gasteiger partial charge on any atom is -0.497 e. The predicted molar refractivity (Wildman–Crippen MR) is 161 cm³/mol. The number of unbranched alkanes of at least 4 members (excludes halogenated alkanes) is 1. The molecule has 0 aliphatic rings. The van der Waals surface area contributed by atoms with Crippen LogP contribution in [0.2, 0.25) is 0 Å². The highest BCUT2D eigenvalue weighted by atomic mass is 32.1. The molecule has 0 radical (unpaired) electrons. The summed E-state index contributed by atoms with van der Waals surface area (Å²) in [6, 6.07) is 27.0. The fourth-order valence-electron chi connectivity index (χ4n) is 4.61. The number of pyridine rings is 1. The van der Waals surface area contributed by atoms with E-state index >= 15 is 0 Å². The smallest absolute Gasteiger partial charge is 0.257 e. The number of fused-ring (bicyclic) bond motifs is 1. The Morgan fingerprint density at radius 1 is 1.00 bits per heavy atom. The van der Waals surface area contributed by atoms with Gasteiger partial charge in [-0.3, -0.25) is 4.79 Å². The van der Waals surface area contributed by atoms with Crippen molar-refractivity contribution in [2.75, 3.05) is 19.0 Å². The van der Waals surface area contributed by atoms with E-state index in [-0.39, 0.29) is 5.91 Å². The topological polar surface area (TPSA) is 84.2 Å². The van der Waals surface area contributed by atoms with Crippen LogP contribution in [0.15, 0.2) is 78.9 Å². The molecule has 6 nitrogen and oxygen atoms in total. The Kier molecular flexibility index (Phi) is 8.09. The van der Waals surface area contributed by atoms with Crippen molar-refractivity contribution in [1.29, 1.82) is 5.26 Å². The number of para-hydroxylation sites is 1. The van der Waals surface area contributed by atoms with Crippen molar-refractivity contribution >= 4 is 33.1 Å². The molecule has 2 heterocycles. The third-order valence-corrected chi connectivity index (χ3v) is 7.68. The lowest BCUT2D eigenvalue weighted by Crippen LogP contribution is -2.13. The molecule has 7 heteroatoms. The molecule has 1 N–H and O–H groups in total. The standard InChI is InChI=1S/C33H29N3O3S/c1-4-5-17-39-25-10-8-9-23(18-25)30-19-27(26-11-6-7-12-29(26)35-30)32(37)36-33-28(20-34)31(21(2)40-33)22-13-15-24(38-3)16-14-22/h6-16,18-19H,4-5,17H2,1-3H3,(H,36,37). The molecule has 0 unspecified atom stereocenters. The minimum atomic E-state index is -0.297. The number of hydrogen-bond donors (Lipinski definition) is 1. The van der Waals surface area contributed by atoms with Crippen LogP contribution in [0.1, 0.15) is 40.6 Å². The first-order valence-corrected chi connectivity index (χ1v) is 14.0. The summed E-state index contributed by atoms with van der Waals surface area (Å²) in [7, 11) is 1.62. The van der Waals surface area contributed by atoms with Crippen molar-refractivity contribution in [1.82, 2.24) is 4.98 Å². The summed E-state index contributed by atoms with van der Waals surface area (Å²) in [6.45, 7) is 4.73. The number of aryl methyl sites for hydroxylation is 1. The van der Waals surface area contributed by atoms with Gasteiger partial charge in [-0.2, -0.15) is 5.26 Å². The maximum Gasteiger partial charge on any atom is 0.257 e. The molecule has 0 fully saturated rings. The van der Waals surface area contributed by atoms with E-state index in [1.54, 1.807) is 13.2 Å². The summed E-state index contributed by atoms with van der Waals surface area (Å²) >= 11 is 1.39. The van der Waals surface area contributed by atoms with Gasteiger partial charge >= 0.3 is 0 Å². The molecule has 5 aromatic rings. The number of anilines is 1. The number of aromatic nitrogens is 1. The molecule has 0 atom stereocenters. The Hall–Kier alpha value is -4.67. The number of carbonyl (C=O) groups is 1. The van der Waals surface area contributed by atoms with Crippen molar-refractivity contribution in [2.24, 2.45) is 0 Å². The van der Waals surface area contributed by atoms with E-state index in [9.17, 15) is 10.1 Å². The summed E-state index contributed by atoms with van der Waals surface area (Å²) in [6.07, 6.45) is 2.04. The summed E-state index contributed by atoms with van der Waals surface area (Å²) < 4.78 is 11.2. The summed E-state index contributed by atoms with van der Waals surface area (Å²) in [5.41, 5.74) is 4.88. The Balaban J connectivity index is 1.51. The third-order valence-electron chi connectivity index (χ3n) is 6.66. The molecule has 5 rings (SSSR count). The van der Waals surface area contributed by atoms with Gasteiger partial charge in [0.05, 0.1) is 36.1 Å². The third kappa shape index (κ3) is 5.54. The maximum absolute atomic E-state index is 13.8. The van der Waals surface area contributed by atoms with Crippen molar-refractivity contribution in [3.05, 3.63) is 94.9 Å². The molecule has 0 saturated heterocycles. The molecule has 0 aliphatic carbocycles. The number of methoxy groups -OCH3 is 1. The molecule has 40 heavy (non-hydrogen) atoms. The molecule has 3 aromatic carbocycles. The van der Waals surface area contributed by atoms with E-state index in [0.717, 1.165) is 51.3 Å². The molecule has 0 saturated carbocycles. The second-order valence-electron chi connectivity index (χ2n) is 9.33. The van der Waals surface area contributed by atoms with Crippen LogP contribution in [-0.4, -0.2) is 24.6 Å². The Morgan fingerprint density at radius 2 is 1.80 bits per heavy atom. The normalized spacial score (nSPS) is 10.8. The Labute approximate surface area is 237 Å². The molecule has 1 amide bonds. The number of benzene rings is 3. The highest BCUT2D eigenvalue weighted by molar-refractivity contribution is 7.17. The highest BCUT2D eigenvalue weighted by Crippen LogP contribution is 2.40. The zero-order chi connectivity index (χ0) is 28.1. The van der Waals surface area contributed by atoms with Crippen LogP contribution in [0.4, 0.5) is 5.00 Å². The lowest BCUT2D eigenvalue weighted by atomic mass is 10.0. The van der Waals surface area contributed by atoms with E-state index < -0.39 is 0 Å². The molecular formula is C33H29N3O3S. The summed E-state index contributed by atoms with van der Waals surface area (Å²) in [5.74, 6) is 1.21. The van der Waals surface area contributed by atoms with Gasteiger partial charge in [0.1, 0.15) is 22.6 Å². The number of hydrogen-bond acceptors (Lipinski definition) is 6. The van der Waals surface area contributed by atoms with Crippen LogP contribution in [-0.2, 0) is 0 Å². The van der Waals surface area contributed by atoms with Crippen LogP contribution >= 0.6 is 11.3 Å². The predicted octanol–water partition coefficient (Wildman–Crippen LogP) is 8.25. The maximum atomic E-state index is 13.8. The van der Waals surface area contributed by atoms with Crippen LogP contribution in [0, 0.1) is 18.3 Å². The first kappa shape index (κ1) is 26.9. The summed E-state index contributed by atoms with van der Waals surface area (Å²) in [4.78, 5) is 19.6. The number of ether oxygens (including phenoxy) is 2. The van der Waals surface area contributed by atoms with Crippen LogP contribution in [0.25, 0.3) is 33.3 Å².